The van der Waals surface area contributed by atoms with E-state index in [1.807, 2.05) is 20.8 Å². The lowest BCUT2D eigenvalue weighted by atomic mass is 9.92. The van der Waals surface area contributed by atoms with Crippen molar-refractivity contribution in [1.29, 1.82) is 0 Å². The lowest BCUT2D eigenvalue weighted by Gasteiger charge is -2.35. The molecule has 1 N–H and O–H groups in total. The number of amides is 2. The number of halogens is 1. The van der Waals surface area contributed by atoms with Crippen molar-refractivity contribution in [2.24, 2.45) is 11.3 Å². The molecule has 28 heavy (non-hydrogen) atoms. The molecule has 6 heteroatoms. The molecule has 0 spiro atoms. The molecule has 5 nitrogen and oxygen atoms in total. The third-order valence-corrected chi connectivity index (χ3v) is 5.47. The molecule has 1 heterocycles. The molecule has 0 bridgehead atoms. The van der Waals surface area contributed by atoms with Crippen molar-refractivity contribution >= 4 is 23.2 Å². The Balaban J connectivity index is 1.93. The van der Waals surface area contributed by atoms with E-state index in [2.05, 4.69) is 5.32 Å². The first kappa shape index (κ1) is 20.6. The summed E-state index contributed by atoms with van der Waals surface area (Å²) in [5, 5.41) is 2.70. The quantitative estimate of drug-likeness (QED) is 0.802. The van der Waals surface area contributed by atoms with Crippen molar-refractivity contribution in [3.8, 4) is 5.75 Å². The number of hydrogen-bond acceptors (Lipinski definition) is 3. The van der Waals surface area contributed by atoms with Gasteiger partial charge in [0.1, 0.15) is 0 Å². The molecule has 1 atom stereocenters. The van der Waals surface area contributed by atoms with Crippen LogP contribution in [-0.2, 0) is 9.59 Å². The fourth-order valence-electron chi connectivity index (χ4n) is 4.08. The van der Waals surface area contributed by atoms with Crippen molar-refractivity contribution in [3.05, 3.63) is 17.4 Å². The second-order valence-electron chi connectivity index (χ2n) is 9.38. The number of nitrogens with one attached hydrogen (secondary N) is 1. The van der Waals surface area contributed by atoms with Crippen molar-refractivity contribution in [2.75, 3.05) is 16.8 Å². The average Bonchev–Trinajstić information content (AvgIpc) is 3.08. The molecule has 1 fully saturated rings. The zero-order valence-electron chi connectivity index (χ0n) is 17.5. The number of carbonyl (C=O) groups is 2. The highest BCUT2D eigenvalue weighted by Crippen LogP contribution is 2.43. The van der Waals surface area contributed by atoms with Gasteiger partial charge in [-0.05, 0) is 49.7 Å². The number of fused-ring (bicyclic) bond motifs is 1. The molecule has 1 aromatic rings. The summed E-state index contributed by atoms with van der Waals surface area (Å²) in [6, 6.07) is 1.75. The summed E-state index contributed by atoms with van der Waals surface area (Å²) in [5.41, 5.74) is 0.994. The second-order valence-corrected chi connectivity index (χ2v) is 9.38. The van der Waals surface area contributed by atoms with E-state index in [0.717, 1.165) is 12.8 Å². The third kappa shape index (κ3) is 4.31. The van der Waals surface area contributed by atoms with Crippen molar-refractivity contribution in [2.45, 2.75) is 72.8 Å². The van der Waals surface area contributed by atoms with Crippen LogP contribution < -0.4 is 15.0 Å². The molecule has 1 aliphatic carbocycles. The molecule has 1 saturated carbocycles. The summed E-state index contributed by atoms with van der Waals surface area (Å²) in [4.78, 5) is 26.7. The van der Waals surface area contributed by atoms with Gasteiger partial charge < -0.3 is 15.0 Å². The van der Waals surface area contributed by atoms with Gasteiger partial charge in [0.15, 0.2) is 17.7 Å². The Hall–Kier alpha value is -2.11. The van der Waals surface area contributed by atoms with Gasteiger partial charge >= 0.3 is 0 Å². The van der Waals surface area contributed by atoms with Crippen LogP contribution in [0.25, 0.3) is 0 Å². The van der Waals surface area contributed by atoms with Gasteiger partial charge in [0.25, 0.3) is 5.91 Å². The summed E-state index contributed by atoms with van der Waals surface area (Å²) >= 11 is 0. The van der Waals surface area contributed by atoms with Gasteiger partial charge in [-0.1, -0.05) is 33.6 Å². The fourth-order valence-corrected chi connectivity index (χ4v) is 4.08. The first-order chi connectivity index (χ1) is 13.1. The fraction of sp³-hybridized carbons (Fsp3) is 0.636. The molecule has 0 saturated heterocycles. The molecule has 0 radical (unpaired) electrons. The standard InChI is InChI=1S/C22H31FN2O3/c1-13-10-16-20(18(23)19(13)24-17(26)11-22(3,4)5)28-14(2)21(27)25(16)12-15-8-6-7-9-15/h10,14-15H,6-9,11-12H2,1-5H3,(H,24,26). The van der Waals surface area contributed by atoms with E-state index in [1.165, 1.54) is 12.8 Å². The minimum absolute atomic E-state index is 0.0572. The maximum absolute atomic E-state index is 15.3. The number of nitrogens with zero attached hydrogens (tertiary/aromatic N) is 1. The monoisotopic (exact) mass is 390 g/mol. The number of aryl methyl sites for hydroxylation is 1. The van der Waals surface area contributed by atoms with E-state index in [0.29, 0.717) is 23.7 Å². The highest BCUT2D eigenvalue weighted by Gasteiger charge is 2.36. The van der Waals surface area contributed by atoms with Gasteiger partial charge in [0, 0.05) is 13.0 Å². The van der Waals surface area contributed by atoms with Crippen molar-refractivity contribution in [3.63, 3.8) is 0 Å². The zero-order chi connectivity index (χ0) is 20.6. The van der Waals surface area contributed by atoms with E-state index in [-0.39, 0.29) is 35.1 Å². The van der Waals surface area contributed by atoms with E-state index < -0.39 is 11.9 Å². The van der Waals surface area contributed by atoms with Crippen LogP contribution in [0.15, 0.2) is 6.07 Å². The maximum Gasteiger partial charge on any atom is 0.267 e. The molecular weight excluding hydrogens is 359 g/mol. The number of ether oxygens (including phenoxy) is 1. The summed E-state index contributed by atoms with van der Waals surface area (Å²) in [6.45, 7) is 9.85. The number of rotatable bonds is 4. The average molecular weight is 390 g/mol. The summed E-state index contributed by atoms with van der Waals surface area (Å²) in [6.07, 6.45) is 4.08. The Morgan fingerprint density at radius 3 is 2.57 bits per heavy atom. The Kier molecular flexibility index (Phi) is 5.69. The van der Waals surface area contributed by atoms with Gasteiger partial charge in [-0.25, -0.2) is 4.39 Å². The van der Waals surface area contributed by atoms with Crippen LogP contribution in [0.5, 0.6) is 5.75 Å². The van der Waals surface area contributed by atoms with E-state index in [9.17, 15) is 9.59 Å². The maximum atomic E-state index is 15.3. The Morgan fingerprint density at radius 1 is 1.32 bits per heavy atom. The highest BCUT2D eigenvalue weighted by molar-refractivity contribution is 6.01. The number of carbonyl (C=O) groups excluding carboxylic acids is 2. The zero-order valence-corrected chi connectivity index (χ0v) is 17.5. The first-order valence-electron chi connectivity index (χ1n) is 10.2. The van der Waals surface area contributed by atoms with Gasteiger partial charge in [-0.3, -0.25) is 9.59 Å². The van der Waals surface area contributed by atoms with Crippen molar-refractivity contribution < 1.29 is 18.7 Å². The van der Waals surface area contributed by atoms with Crippen LogP contribution >= 0.6 is 0 Å². The van der Waals surface area contributed by atoms with Gasteiger partial charge in [-0.15, -0.1) is 0 Å². The van der Waals surface area contributed by atoms with Gasteiger partial charge in [-0.2, -0.15) is 0 Å². The SMILES string of the molecule is Cc1cc2c(c(F)c1NC(=O)CC(C)(C)C)OC(C)C(=O)N2CC1CCCC1. The topological polar surface area (TPSA) is 58.6 Å². The normalized spacial score (nSPS) is 20.1. The van der Waals surface area contributed by atoms with Crippen LogP contribution in [0.1, 0.15) is 65.4 Å². The van der Waals surface area contributed by atoms with Crippen LogP contribution in [0.2, 0.25) is 0 Å². The molecule has 3 rings (SSSR count). The molecule has 154 valence electrons. The summed E-state index contributed by atoms with van der Waals surface area (Å²) in [5.74, 6) is -0.480. The Bertz CT molecular complexity index is 779. The number of hydrogen-bond donors (Lipinski definition) is 1. The molecule has 1 unspecified atom stereocenters. The Morgan fingerprint density at radius 2 is 1.96 bits per heavy atom. The third-order valence-electron chi connectivity index (χ3n) is 5.47. The minimum Gasteiger partial charge on any atom is -0.476 e. The molecule has 2 amide bonds. The Labute approximate surface area is 166 Å². The van der Waals surface area contributed by atoms with Gasteiger partial charge in [0.05, 0.1) is 11.4 Å². The summed E-state index contributed by atoms with van der Waals surface area (Å²) in [7, 11) is 0. The summed E-state index contributed by atoms with van der Waals surface area (Å²) < 4.78 is 20.9. The van der Waals surface area contributed by atoms with Crippen LogP contribution in [0.4, 0.5) is 15.8 Å². The highest BCUT2D eigenvalue weighted by atomic mass is 19.1. The smallest absolute Gasteiger partial charge is 0.267 e. The van der Waals surface area contributed by atoms with Crippen LogP contribution in [-0.4, -0.2) is 24.5 Å². The minimum atomic E-state index is -0.746. The molecule has 1 aromatic carbocycles. The number of anilines is 2. The predicted molar refractivity (Wildman–Crippen MR) is 108 cm³/mol. The lowest BCUT2D eigenvalue weighted by Crippen LogP contribution is -2.46. The number of benzene rings is 1. The predicted octanol–water partition coefficient (Wildman–Crippen LogP) is 4.81. The molecule has 0 aromatic heterocycles. The molecule has 1 aliphatic heterocycles. The van der Waals surface area contributed by atoms with E-state index in [4.69, 9.17) is 4.74 Å². The van der Waals surface area contributed by atoms with E-state index >= 15 is 4.39 Å². The second kappa shape index (κ2) is 7.72. The largest absolute Gasteiger partial charge is 0.476 e. The molecule has 2 aliphatic rings. The first-order valence-corrected chi connectivity index (χ1v) is 10.2. The van der Waals surface area contributed by atoms with Crippen molar-refractivity contribution in [1.82, 2.24) is 0 Å². The van der Waals surface area contributed by atoms with E-state index in [1.54, 1.807) is 24.8 Å². The van der Waals surface area contributed by atoms with Crippen LogP contribution in [0, 0.1) is 24.1 Å². The van der Waals surface area contributed by atoms with Gasteiger partial charge in [0.2, 0.25) is 5.91 Å². The molecular formula is C22H31FN2O3. The lowest BCUT2D eigenvalue weighted by molar-refractivity contribution is -0.125. The van der Waals surface area contributed by atoms with Crippen LogP contribution in [0.3, 0.4) is 0 Å².